The topological polar surface area (TPSA) is 3.24 Å². The van der Waals surface area contributed by atoms with Gasteiger partial charge in [0.25, 0.3) is 0 Å². The third-order valence-corrected chi connectivity index (χ3v) is 10.7. The monoisotopic (exact) mass is 545 g/mol. The first-order valence-electron chi connectivity index (χ1n) is 15.7. The molecule has 0 amide bonds. The maximum atomic E-state index is 2.70. The third-order valence-electron chi connectivity index (χ3n) is 10.7. The molecular weight excluding hydrogens is 506 g/mol. The second-order valence-corrected chi connectivity index (χ2v) is 13.4. The summed E-state index contributed by atoms with van der Waals surface area (Å²) in [6.45, 7) is 9.29. The van der Waals surface area contributed by atoms with Gasteiger partial charge in [0.1, 0.15) is 0 Å². The van der Waals surface area contributed by atoms with Crippen LogP contribution in [0.15, 0.2) is 109 Å². The molecule has 1 heterocycles. The maximum absolute atomic E-state index is 2.70. The number of aryl methyl sites for hydroxylation is 2. The van der Waals surface area contributed by atoms with E-state index in [-0.39, 0.29) is 5.41 Å². The molecule has 5 aromatic rings. The van der Waals surface area contributed by atoms with Crippen molar-refractivity contribution >= 4 is 11.4 Å². The lowest BCUT2D eigenvalue weighted by Crippen LogP contribution is -2.34. The van der Waals surface area contributed by atoms with Gasteiger partial charge in [-0.25, -0.2) is 0 Å². The van der Waals surface area contributed by atoms with Crippen LogP contribution >= 0.6 is 0 Å². The fourth-order valence-corrected chi connectivity index (χ4v) is 8.52. The zero-order valence-electron chi connectivity index (χ0n) is 25.2. The summed E-state index contributed by atoms with van der Waals surface area (Å²) in [4.78, 5) is 2.70. The summed E-state index contributed by atoms with van der Waals surface area (Å²) in [5, 5.41) is 0. The minimum atomic E-state index is 0.00742. The van der Waals surface area contributed by atoms with Crippen molar-refractivity contribution < 1.29 is 0 Å². The minimum Gasteiger partial charge on any atom is -0.338 e. The van der Waals surface area contributed by atoms with Crippen molar-refractivity contribution in [3.05, 3.63) is 143 Å². The molecule has 3 atom stereocenters. The van der Waals surface area contributed by atoms with Crippen molar-refractivity contribution in [2.75, 3.05) is 4.90 Å². The van der Waals surface area contributed by atoms with E-state index in [0.717, 1.165) is 0 Å². The molecule has 0 bridgehead atoms. The number of hydrogen-bond donors (Lipinski definition) is 0. The molecule has 8 rings (SSSR count). The molecule has 0 N–H and O–H groups in total. The highest BCUT2D eigenvalue weighted by Gasteiger charge is 2.46. The average molecular weight is 546 g/mol. The molecule has 1 nitrogen and oxygen atoms in total. The van der Waals surface area contributed by atoms with E-state index in [2.05, 4.69) is 142 Å². The summed E-state index contributed by atoms with van der Waals surface area (Å²) in [6, 6.07) is 42.0. The molecule has 1 saturated carbocycles. The molecule has 0 spiro atoms. The van der Waals surface area contributed by atoms with Gasteiger partial charge in [-0.15, -0.1) is 0 Å². The molecule has 5 aromatic carbocycles. The normalized spacial score (nSPS) is 21.4. The van der Waals surface area contributed by atoms with Crippen molar-refractivity contribution in [3.8, 4) is 22.3 Å². The molecule has 42 heavy (non-hydrogen) atoms. The Morgan fingerprint density at radius 1 is 0.619 bits per heavy atom. The number of hydrogen-bond acceptors (Lipinski definition) is 1. The van der Waals surface area contributed by atoms with Crippen LogP contribution in [0.5, 0.6) is 0 Å². The fourth-order valence-electron chi connectivity index (χ4n) is 8.52. The second kappa shape index (κ2) is 9.46. The minimum absolute atomic E-state index is 0.00742. The van der Waals surface area contributed by atoms with E-state index in [1.165, 1.54) is 80.7 Å². The van der Waals surface area contributed by atoms with Gasteiger partial charge < -0.3 is 4.90 Å². The third kappa shape index (κ3) is 3.76. The first kappa shape index (κ1) is 25.6. The summed E-state index contributed by atoms with van der Waals surface area (Å²) in [5.74, 6) is 1.08. The summed E-state index contributed by atoms with van der Waals surface area (Å²) in [5.41, 5.74) is 17.1. The molecule has 0 aromatic heterocycles. The first-order valence-corrected chi connectivity index (χ1v) is 15.7. The predicted octanol–water partition coefficient (Wildman–Crippen LogP) is 10.8. The predicted molar refractivity (Wildman–Crippen MR) is 177 cm³/mol. The number of fused-ring (bicyclic) bond motifs is 6. The van der Waals surface area contributed by atoms with Crippen molar-refractivity contribution in [2.24, 2.45) is 0 Å². The van der Waals surface area contributed by atoms with E-state index < -0.39 is 0 Å². The zero-order valence-corrected chi connectivity index (χ0v) is 25.2. The smallest absolute Gasteiger partial charge is 0.0453 e. The lowest BCUT2D eigenvalue weighted by molar-refractivity contribution is 0.361. The molecule has 0 radical (unpaired) electrons. The largest absolute Gasteiger partial charge is 0.338 e. The van der Waals surface area contributed by atoms with Gasteiger partial charge in [-0.3, -0.25) is 0 Å². The second-order valence-electron chi connectivity index (χ2n) is 13.4. The molecule has 0 saturated heterocycles. The first-order chi connectivity index (χ1) is 20.4. The number of para-hydroxylation sites is 1. The highest BCUT2D eigenvalue weighted by molar-refractivity contribution is 5.86. The van der Waals surface area contributed by atoms with Gasteiger partial charge in [0.05, 0.1) is 0 Å². The van der Waals surface area contributed by atoms with E-state index in [1.54, 1.807) is 5.56 Å². The lowest BCUT2D eigenvalue weighted by atomic mass is 9.73. The van der Waals surface area contributed by atoms with Crippen LogP contribution in [0.25, 0.3) is 22.3 Å². The van der Waals surface area contributed by atoms with Gasteiger partial charge >= 0.3 is 0 Å². The molecule has 3 aliphatic rings. The summed E-state index contributed by atoms with van der Waals surface area (Å²) >= 11 is 0. The van der Waals surface area contributed by atoms with Gasteiger partial charge in [0, 0.05) is 28.7 Å². The Morgan fingerprint density at radius 3 is 2.14 bits per heavy atom. The zero-order chi connectivity index (χ0) is 28.6. The van der Waals surface area contributed by atoms with Gasteiger partial charge in [-0.1, -0.05) is 98.8 Å². The lowest BCUT2D eigenvalue weighted by Gasteiger charge is -2.37. The van der Waals surface area contributed by atoms with Crippen molar-refractivity contribution in [1.82, 2.24) is 0 Å². The Labute approximate surface area is 250 Å². The van der Waals surface area contributed by atoms with Crippen LogP contribution in [-0.2, 0) is 5.41 Å². The van der Waals surface area contributed by atoms with Crippen LogP contribution in [0, 0.1) is 13.8 Å². The van der Waals surface area contributed by atoms with E-state index in [0.29, 0.717) is 17.9 Å². The van der Waals surface area contributed by atoms with Crippen LogP contribution in [0.4, 0.5) is 11.4 Å². The van der Waals surface area contributed by atoms with Crippen LogP contribution in [0.2, 0.25) is 0 Å². The molecule has 1 fully saturated rings. The maximum Gasteiger partial charge on any atom is 0.0453 e. The van der Waals surface area contributed by atoms with Crippen molar-refractivity contribution in [2.45, 2.75) is 70.3 Å². The Balaban J connectivity index is 1.23. The summed E-state index contributed by atoms with van der Waals surface area (Å²) in [6.07, 6.45) is 3.63. The average Bonchev–Trinajstić information content (AvgIpc) is 3.45. The van der Waals surface area contributed by atoms with Gasteiger partial charge in [0.2, 0.25) is 0 Å². The van der Waals surface area contributed by atoms with E-state index in [4.69, 9.17) is 0 Å². The Morgan fingerprint density at radius 2 is 1.33 bits per heavy atom. The number of nitrogens with zero attached hydrogens (tertiary/aromatic N) is 1. The number of anilines is 2. The van der Waals surface area contributed by atoms with Gasteiger partial charge in [-0.05, 0) is 119 Å². The van der Waals surface area contributed by atoms with Crippen LogP contribution < -0.4 is 4.90 Å². The Hall–Kier alpha value is -4.10. The quantitative estimate of drug-likeness (QED) is 0.218. The Bertz CT molecular complexity index is 1830. The SMILES string of the molecule is Cc1ccccc1-c1cc(C2CCC3C(C2)c2cc4c(cc2N3c2ccccc2)C(C)(C)c2ccccc2-4)ccc1C. The van der Waals surface area contributed by atoms with Crippen LogP contribution in [0.1, 0.15) is 78.3 Å². The number of benzene rings is 5. The van der Waals surface area contributed by atoms with Crippen molar-refractivity contribution in [1.29, 1.82) is 0 Å². The van der Waals surface area contributed by atoms with Gasteiger partial charge in [-0.2, -0.15) is 0 Å². The summed E-state index contributed by atoms with van der Waals surface area (Å²) < 4.78 is 0. The number of rotatable bonds is 3. The highest BCUT2D eigenvalue weighted by Crippen LogP contribution is 2.58. The highest BCUT2D eigenvalue weighted by atomic mass is 15.2. The molecule has 1 heteroatoms. The van der Waals surface area contributed by atoms with Crippen LogP contribution in [0.3, 0.4) is 0 Å². The Kier molecular flexibility index (Phi) is 5.77. The molecule has 2 aliphatic carbocycles. The van der Waals surface area contributed by atoms with Crippen LogP contribution in [-0.4, -0.2) is 6.04 Å². The summed E-state index contributed by atoms with van der Waals surface area (Å²) in [7, 11) is 0. The molecule has 208 valence electrons. The van der Waals surface area contributed by atoms with Crippen molar-refractivity contribution in [3.63, 3.8) is 0 Å². The van der Waals surface area contributed by atoms with E-state index in [9.17, 15) is 0 Å². The standard InChI is InChI=1S/C41H39N/c1-26-12-8-9-15-31(26)33-22-28(19-18-27(33)2)29-20-21-39-35(23-29)36-24-34-32-16-10-11-17-37(32)41(3,4)38(34)25-40(36)42(39)30-13-6-5-7-14-30/h5-19,22,24-25,29,35,39H,20-21,23H2,1-4H3. The fraction of sp³-hybridized carbons (Fsp3) is 0.268. The molecule has 3 unspecified atom stereocenters. The molecular formula is C41H39N. The van der Waals surface area contributed by atoms with E-state index >= 15 is 0 Å². The van der Waals surface area contributed by atoms with E-state index in [1.807, 2.05) is 0 Å². The van der Waals surface area contributed by atoms with Gasteiger partial charge in [0.15, 0.2) is 0 Å². The molecule has 1 aliphatic heterocycles.